The third-order valence-corrected chi connectivity index (χ3v) is 4.57. The first-order valence-electron chi connectivity index (χ1n) is 7.76. The Hall–Kier alpha value is -0.990. The molecular formula is C17H23F3. The van der Waals surface area contributed by atoms with E-state index in [1.807, 2.05) is 0 Å². The highest BCUT2D eigenvalue weighted by Crippen LogP contribution is 2.39. The largest absolute Gasteiger partial charge is 0.204 e. The van der Waals surface area contributed by atoms with Gasteiger partial charge in [-0.05, 0) is 49.1 Å². The lowest BCUT2D eigenvalue weighted by Crippen LogP contribution is -2.15. The van der Waals surface area contributed by atoms with E-state index in [1.54, 1.807) is 0 Å². The molecule has 1 saturated carbocycles. The summed E-state index contributed by atoms with van der Waals surface area (Å²) in [5.74, 6) is -2.63. The van der Waals surface area contributed by atoms with Gasteiger partial charge in [0.15, 0.2) is 17.5 Å². The van der Waals surface area contributed by atoms with Crippen molar-refractivity contribution in [2.45, 2.75) is 64.2 Å². The van der Waals surface area contributed by atoms with Crippen LogP contribution in [0.1, 0.15) is 69.8 Å². The van der Waals surface area contributed by atoms with E-state index in [9.17, 15) is 13.2 Å². The zero-order valence-electron chi connectivity index (χ0n) is 12.1. The van der Waals surface area contributed by atoms with Gasteiger partial charge in [0.1, 0.15) is 0 Å². The maximum atomic E-state index is 13.8. The Bertz CT molecular complexity index is 434. The molecule has 1 aliphatic carbocycles. The molecule has 1 fully saturated rings. The summed E-state index contributed by atoms with van der Waals surface area (Å²) in [6, 6.07) is 2.46. The van der Waals surface area contributed by atoms with Gasteiger partial charge in [-0.2, -0.15) is 0 Å². The minimum Gasteiger partial charge on any atom is -0.204 e. The number of rotatable bonds is 5. The molecule has 0 heterocycles. The van der Waals surface area contributed by atoms with Gasteiger partial charge in [0.05, 0.1) is 0 Å². The average Bonchev–Trinajstić information content (AvgIpc) is 2.46. The Morgan fingerprint density at radius 1 is 0.950 bits per heavy atom. The lowest BCUT2D eigenvalue weighted by atomic mass is 9.77. The van der Waals surface area contributed by atoms with Crippen LogP contribution in [0.25, 0.3) is 0 Å². The molecule has 2 rings (SSSR count). The Labute approximate surface area is 119 Å². The van der Waals surface area contributed by atoms with Gasteiger partial charge in [0.2, 0.25) is 0 Å². The predicted molar refractivity (Wildman–Crippen MR) is 75.2 cm³/mol. The number of hydrogen-bond acceptors (Lipinski definition) is 0. The molecule has 0 amide bonds. The van der Waals surface area contributed by atoms with E-state index in [2.05, 4.69) is 6.92 Å². The molecule has 0 unspecified atom stereocenters. The van der Waals surface area contributed by atoms with E-state index in [-0.39, 0.29) is 5.92 Å². The first-order chi connectivity index (χ1) is 9.63. The quantitative estimate of drug-likeness (QED) is 0.462. The molecule has 20 heavy (non-hydrogen) atoms. The molecule has 0 aliphatic heterocycles. The molecule has 0 nitrogen and oxygen atoms in total. The Morgan fingerprint density at radius 3 is 2.30 bits per heavy atom. The van der Waals surface area contributed by atoms with Crippen molar-refractivity contribution in [2.24, 2.45) is 5.92 Å². The second-order valence-electron chi connectivity index (χ2n) is 5.98. The SMILES string of the molecule is CCCCC[C@H]1CC[C@H](c2ccc(F)c(F)c2F)CC1. The average molecular weight is 284 g/mol. The standard InChI is InChI=1S/C17H23F3/c1-2-3-4-5-12-6-8-13(9-7-12)14-10-11-15(18)17(20)16(14)19/h10-13H,2-9H2,1H3/t12-,13-. The van der Waals surface area contributed by atoms with Crippen LogP contribution in [0.3, 0.4) is 0 Å². The lowest BCUT2D eigenvalue weighted by Gasteiger charge is -2.29. The Kier molecular flexibility index (Phi) is 5.50. The molecule has 0 N–H and O–H groups in total. The third-order valence-electron chi connectivity index (χ3n) is 4.57. The zero-order valence-corrected chi connectivity index (χ0v) is 12.1. The van der Waals surface area contributed by atoms with Crippen molar-refractivity contribution >= 4 is 0 Å². The normalized spacial score (nSPS) is 23.0. The second kappa shape index (κ2) is 7.14. The van der Waals surface area contributed by atoms with E-state index in [1.165, 1.54) is 31.7 Å². The Morgan fingerprint density at radius 2 is 1.65 bits per heavy atom. The smallest absolute Gasteiger partial charge is 0.194 e. The molecule has 0 bridgehead atoms. The third kappa shape index (κ3) is 3.56. The molecule has 0 spiro atoms. The summed E-state index contributed by atoms with van der Waals surface area (Å²) in [5.41, 5.74) is 0.357. The maximum Gasteiger partial charge on any atom is 0.194 e. The van der Waals surface area contributed by atoms with Crippen LogP contribution in [0.15, 0.2) is 12.1 Å². The highest BCUT2D eigenvalue weighted by molar-refractivity contribution is 5.24. The molecule has 0 aromatic heterocycles. The van der Waals surface area contributed by atoms with Crippen molar-refractivity contribution in [1.29, 1.82) is 0 Å². The van der Waals surface area contributed by atoms with Gasteiger partial charge in [-0.1, -0.05) is 38.7 Å². The summed E-state index contributed by atoms with van der Waals surface area (Å²) in [6.45, 7) is 2.20. The van der Waals surface area contributed by atoms with E-state index < -0.39 is 17.5 Å². The number of halogens is 3. The monoisotopic (exact) mass is 284 g/mol. The minimum atomic E-state index is -1.33. The van der Waals surface area contributed by atoms with Gasteiger partial charge in [0, 0.05) is 0 Å². The molecule has 1 aliphatic rings. The van der Waals surface area contributed by atoms with Gasteiger partial charge < -0.3 is 0 Å². The highest BCUT2D eigenvalue weighted by atomic mass is 19.2. The van der Waals surface area contributed by atoms with Crippen LogP contribution >= 0.6 is 0 Å². The predicted octanol–water partition coefficient (Wildman–Crippen LogP) is 5.96. The van der Waals surface area contributed by atoms with E-state index in [4.69, 9.17) is 0 Å². The van der Waals surface area contributed by atoms with Gasteiger partial charge in [0.25, 0.3) is 0 Å². The van der Waals surface area contributed by atoms with E-state index >= 15 is 0 Å². The molecule has 0 saturated heterocycles. The molecule has 1 aromatic rings. The summed E-state index contributed by atoms with van der Waals surface area (Å²) < 4.78 is 40.0. The lowest BCUT2D eigenvalue weighted by molar-refractivity contribution is 0.297. The summed E-state index contributed by atoms with van der Waals surface area (Å²) in [6.07, 6.45) is 8.95. The van der Waals surface area contributed by atoms with E-state index in [0.29, 0.717) is 5.56 Å². The van der Waals surface area contributed by atoms with E-state index in [0.717, 1.165) is 37.7 Å². The van der Waals surface area contributed by atoms with Crippen LogP contribution in [0.2, 0.25) is 0 Å². The van der Waals surface area contributed by atoms with Crippen LogP contribution in [0, 0.1) is 23.4 Å². The molecule has 1 aromatic carbocycles. The fourth-order valence-electron chi connectivity index (χ4n) is 3.30. The zero-order chi connectivity index (χ0) is 14.5. The minimum absolute atomic E-state index is 0.0486. The fraction of sp³-hybridized carbons (Fsp3) is 0.647. The van der Waals surface area contributed by atoms with Crippen LogP contribution in [-0.4, -0.2) is 0 Å². The van der Waals surface area contributed by atoms with Crippen molar-refractivity contribution in [3.63, 3.8) is 0 Å². The van der Waals surface area contributed by atoms with Crippen molar-refractivity contribution in [3.8, 4) is 0 Å². The van der Waals surface area contributed by atoms with Crippen molar-refractivity contribution in [2.75, 3.05) is 0 Å². The van der Waals surface area contributed by atoms with Crippen molar-refractivity contribution in [3.05, 3.63) is 35.1 Å². The second-order valence-corrected chi connectivity index (χ2v) is 5.98. The van der Waals surface area contributed by atoms with Gasteiger partial charge in [-0.3, -0.25) is 0 Å². The molecule has 0 atom stereocenters. The first-order valence-corrected chi connectivity index (χ1v) is 7.76. The number of benzene rings is 1. The van der Waals surface area contributed by atoms with Crippen molar-refractivity contribution < 1.29 is 13.2 Å². The van der Waals surface area contributed by atoms with Gasteiger partial charge in [-0.25, -0.2) is 13.2 Å². The van der Waals surface area contributed by atoms with Crippen molar-refractivity contribution in [1.82, 2.24) is 0 Å². The molecular weight excluding hydrogens is 261 g/mol. The Balaban J connectivity index is 1.92. The van der Waals surface area contributed by atoms with Crippen LogP contribution < -0.4 is 0 Å². The van der Waals surface area contributed by atoms with Crippen LogP contribution in [0.5, 0.6) is 0 Å². The van der Waals surface area contributed by atoms with Crippen LogP contribution in [-0.2, 0) is 0 Å². The number of unbranched alkanes of at least 4 members (excludes halogenated alkanes) is 2. The first kappa shape index (κ1) is 15.4. The molecule has 3 heteroatoms. The molecule has 0 radical (unpaired) electrons. The summed E-state index contributed by atoms with van der Waals surface area (Å²) >= 11 is 0. The summed E-state index contributed by atoms with van der Waals surface area (Å²) in [7, 11) is 0. The highest BCUT2D eigenvalue weighted by Gasteiger charge is 2.26. The number of hydrogen-bond donors (Lipinski definition) is 0. The fourth-order valence-corrected chi connectivity index (χ4v) is 3.30. The maximum absolute atomic E-state index is 13.8. The summed E-state index contributed by atoms with van der Waals surface area (Å²) in [4.78, 5) is 0. The van der Waals surface area contributed by atoms with Gasteiger partial charge >= 0.3 is 0 Å². The summed E-state index contributed by atoms with van der Waals surface area (Å²) in [5, 5.41) is 0. The molecule has 112 valence electrons. The van der Waals surface area contributed by atoms with Crippen LogP contribution in [0.4, 0.5) is 13.2 Å². The van der Waals surface area contributed by atoms with Gasteiger partial charge in [-0.15, -0.1) is 0 Å². The topological polar surface area (TPSA) is 0 Å².